The van der Waals surface area contributed by atoms with Crippen molar-refractivity contribution in [2.45, 2.75) is 46.5 Å². The van der Waals surface area contributed by atoms with E-state index in [1.807, 2.05) is 19.1 Å². The number of aromatic nitrogens is 2. The summed E-state index contributed by atoms with van der Waals surface area (Å²) < 4.78 is 12.7. The third-order valence-corrected chi connectivity index (χ3v) is 6.39. The molecule has 0 saturated carbocycles. The number of nitrogens with zero attached hydrogens (tertiary/aromatic N) is 2. The molecule has 0 unspecified atom stereocenters. The average molecular weight is 428 g/mol. The number of thiophene rings is 1. The van der Waals surface area contributed by atoms with Crippen LogP contribution in [-0.2, 0) is 17.6 Å². The molecule has 0 spiro atoms. The largest absolute Gasteiger partial charge is 0.490 e. The van der Waals surface area contributed by atoms with Gasteiger partial charge >= 0.3 is 5.97 Å². The Morgan fingerprint density at radius 3 is 2.80 bits per heavy atom. The smallest absolute Gasteiger partial charge is 0.341 e. The zero-order valence-electron chi connectivity index (χ0n) is 17.4. The lowest BCUT2D eigenvalue weighted by molar-refractivity contribution is 0.0526. The van der Waals surface area contributed by atoms with Crippen molar-refractivity contribution in [1.82, 2.24) is 9.38 Å². The molecule has 0 bridgehead atoms. The van der Waals surface area contributed by atoms with Crippen LogP contribution in [0.15, 0.2) is 18.3 Å². The summed E-state index contributed by atoms with van der Waals surface area (Å²) >= 11 is 1.48. The fourth-order valence-electron chi connectivity index (χ4n) is 3.93. The number of anilines is 1. The summed E-state index contributed by atoms with van der Waals surface area (Å²) in [5.74, 6) is -0.0561. The Morgan fingerprint density at radius 2 is 2.03 bits per heavy atom. The van der Waals surface area contributed by atoms with E-state index in [0.717, 1.165) is 36.1 Å². The highest BCUT2D eigenvalue weighted by Gasteiger charge is 2.28. The summed E-state index contributed by atoms with van der Waals surface area (Å²) in [6.07, 6.45) is 5.68. The molecule has 3 aromatic rings. The number of fused-ring (bicyclic) bond motifs is 2. The number of aryl methyl sites for hydroxylation is 2. The van der Waals surface area contributed by atoms with E-state index in [9.17, 15) is 9.59 Å². The normalized spacial score (nSPS) is 13.2. The summed E-state index contributed by atoms with van der Waals surface area (Å²) in [7, 11) is 0. The first-order valence-electron chi connectivity index (χ1n) is 10.3. The van der Waals surface area contributed by atoms with E-state index < -0.39 is 0 Å². The van der Waals surface area contributed by atoms with Gasteiger partial charge in [-0.05, 0) is 64.2 Å². The maximum Gasteiger partial charge on any atom is 0.341 e. The number of rotatable bonds is 6. The second-order valence-corrected chi connectivity index (χ2v) is 8.24. The van der Waals surface area contributed by atoms with E-state index in [-0.39, 0.29) is 11.9 Å². The molecule has 3 heterocycles. The highest BCUT2D eigenvalue weighted by Crippen LogP contribution is 2.39. The Kier molecular flexibility index (Phi) is 5.76. The minimum absolute atomic E-state index is 0.295. The molecule has 3 aromatic heterocycles. The molecule has 7 nitrogen and oxygen atoms in total. The van der Waals surface area contributed by atoms with Crippen LogP contribution in [0.25, 0.3) is 5.65 Å². The summed E-state index contributed by atoms with van der Waals surface area (Å²) in [6.45, 7) is 6.29. The van der Waals surface area contributed by atoms with Crippen LogP contribution >= 0.6 is 11.3 Å². The Bertz CT molecular complexity index is 1120. The van der Waals surface area contributed by atoms with Crippen LogP contribution in [0.2, 0.25) is 0 Å². The van der Waals surface area contributed by atoms with Crippen molar-refractivity contribution in [1.29, 1.82) is 0 Å². The Labute approximate surface area is 179 Å². The summed E-state index contributed by atoms with van der Waals surface area (Å²) in [4.78, 5) is 31.6. The Morgan fingerprint density at radius 1 is 1.23 bits per heavy atom. The molecule has 1 aliphatic carbocycles. The van der Waals surface area contributed by atoms with E-state index in [0.29, 0.717) is 46.6 Å². The maximum absolute atomic E-state index is 13.3. The zero-order chi connectivity index (χ0) is 21.3. The van der Waals surface area contributed by atoms with Crippen LogP contribution in [0.3, 0.4) is 0 Å². The second kappa shape index (κ2) is 8.47. The summed E-state index contributed by atoms with van der Waals surface area (Å²) in [5, 5.41) is 3.53. The van der Waals surface area contributed by atoms with E-state index in [2.05, 4.69) is 10.3 Å². The highest BCUT2D eigenvalue weighted by molar-refractivity contribution is 7.17. The SMILES string of the molecule is CCOC(=O)c1c(NC(=O)c2c(C)nc3c(OCC)cccn23)sc2c1CCCC2. The number of carbonyl (C=O) groups is 2. The monoisotopic (exact) mass is 427 g/mol. The summed E-state index contributed by atoms with van der Waals surface area (Å²) in [5.41, 5.74) is 3.14. The molecule has 8 heteroatoms. The van der Waals surface area contributed by atoms with Gasteiger partial charge in [0.15, 0.2) is 11.4 Å². The molecule has 1 amide bonds. The van der Waals surface area contributed by atoms with Gasteiger partial charge in [-0.2, -0.15) is 0 Å². The van der Waals surface area contributed by atoms with Crippen LogP contribution < -0.4 is 10.1 Å². The van der Waals surface area contributed by atoms with Gasteiger partial charge in [-0.15, -0.1) is 11.3 Å². The number of esters is 1. The lowest BCUT2D eigenvalue weighted by atomic mass is 9.95. The molecule has 0 fully saturated rings. The molecular formula is C22H25N3O4S. The summed E-state index contributed by atoms with van der Waals surface area (Å²) in [6, 6.07) is 3.66. The number of hydrogen-bond acceptors (Lipinski definition) is 6. The zero-order valence-corrected chi connectivity index (χ0v) is 18.2. The number of hydrogen-bond donors (Lipinski definition) is 1. The minimum atomic E-state index is -0.374. The van der Waals surface area contributed by atoms with Crippen LogP contribution in [-0.4, -0.2) is 34.5 Å². The van der Waals surface area contributed by atoms with E-state index in [1.165, 1.54) is 11.3 Å². The van der Waals surface area contributed by atoms with Gasteiger partial charge in [0.05, 0.1) is 24.5 Å². The van der Waals surface area contributed by atoms with Crippen molar-refractivity contribution in [2.24, 2.45) is 0 Å². The van der Waals surface area contributed by atoms with Crippen LogP contribution in [0.5, 0.6) is 5.75 Å². The van der Waals surface area contributed by atoms with Gasteiger partial charge in [0.25, 0.3) is 5.91 Å². The Balaban J connectivity index is 1.73. The van der Waals surface area contributed by atoms with E-state index >= 15 is 0 Å². The number of amides is 1. The van der Waals surface area contributed by atoms with Gasteiger partial charge in [-0.1, -0.05) is 0 Å². The first kappa shape index (κ1) is 20.4. The van der Waals surface area contributed by atoms with Gasteiger partial charge in [-0.25, -0.2) is 9.78 Å². The predicted octanol–water partition coefficient (Wildman–Crippen LogP) is 4.41. The van der Waals surface area contributed by atoms with Crippen LogP contribution in [0.1, 0.15) is 63.7 Å². The maximum atomic E-state index is 13.3. The molecule has 158 valence electrons. The topological polar surface area (TPSA) is 81.9 Å². The van der Waals surface area contributed by atoms with Gasteiger partial charge < -0.3 is 14.8 Å². The molecule has 0 aliphatic heterocycles. The number of carbonyl (C=O) groups excluding carboxylic acids is 2. The molecule has 0 radical (unpaired) electrons. The van der Waals surface area contributed by atoms with Crippen molar-refractivity contribution in [3.63, 3.8) is 0 Å². The van der Waals surface area contributed by atoms with Gasteiger partial charge in [-0.3, -0.25) is 9.20 Å². The van der Waals surface area contributed by atoms with E-state index in [4.69, 9.17) is 9.47 Å². The lowest BCUT2D eigenvalue weighted by Crippen LogP contribution is -2.18. The quantitative estimate of drug-likeness (QED) is 0.589. The standard InChI is InChI=1S/C22H25N3O4S/c1-4-28-15-10-8-12-25-18(13(3)23-19(15)25)20(26)24-21-17(22(27)29-5-2)14-9-6-7-11-16(14)30-21/h8,10,12H,4-7,9,11H2,1-3H3,(H,24,26). The van der Waals surface area contributed by atoms with Crippen molar-refractivity contribution in [2.75, 3.05) is 18.5 Å². The lowest BCUT2D eigenvalue weighted by Gasteiger charge is -2.12. The average Bonchev–Trinajstić information content (AvgIpc) is 3.25. The van der Waals surface area contributed by atoms with Crippen molar-refractivity contribution in [3.8, 4) is 5.75 Å². The third kappa shape index (κ3) is 3.56. The fraction of sp³-hybridized carbons (Fsp3) is 0.409. The van der Waals surface area contributed by atoms with Crippen molar-refractivity contribution < 1.29 is 19.1 Å². The number of imidazole rings is 1. The second-order valence-electron chi connectivity index (χ2n) is 7.13. The first-order chi connectivity index (χ1) is 14.5. The van der Waals surface area contributed by atoms with Crippen LogP contribution in [0.4, 0.5) is 5.00 Å². The number of pyridine rings is 1. The molecule has 1 aliphatic rings. The fourth-order valence-corrected chi connectivity index (χ4v) is 5.21. The molecular weight excluding hydrogens is 402 g/mol. The molecule has 0 saturated heterocycles. The number of ether oxygens (including phenoxy) is 2. The van der Waals surface area contributed by atoms with Crippen molar-refractivity contribution in [3.05, 3.63) is 45.7 Å². The Hall–Kier alpha value is -2.87. The minimum Gasteiger partial charge on any atom is -0.490 e. The highest BCUT2D eigenvalue weighted by atomic mass is 32.1. The third-order valence-electron chi connectivity index (χ3n) is 5.18. The van der Waals surface area contributed by atoms with E-state index in [1.54, 1.807) is 24.4 Å². The van der Waals surface area contributed by atoms with Crippen LogP contribution in [0, 0.1) is 6.92 Å². The molecule has 0 atom stereocenters. The van der Waals surface area contributed by atoms with Gasteiger partial charge in [0.2, 0.25) is 0 Å². The van der Waals surface area contributed by atoms with Crippen molar-refractivity contribution >= 4 is 33.9 Å². The molecule has 1 N–H and O–H groups in total. The molecule has 0 aromatic carbocycles. The predicted molar refractivity (Wildman–Crippen MR) is 116 cm³/mol. The van der Waals surface area contributed by atoms with Gasteiger partial charge in [0.1, 0.15) is 10.7 Å². The molecule has 30 heavy (non-hydrogen) atoms. The van der Waals surface area contributed by atoms with Gasteiger partial charge in [0, 0.05) is 11.1 Å². The first-order valence-corrected chi connectivity index (χ1v) is 11.1. The molecule has 4 rings (SSSR count). The number of nitrogens with one attached hydrogen (secondary N) is 1.